The summed E-state index contributed by atoms with van der Waals surface area (Å²) in [6.07, 6.45) is 19.0. The van der Waals surface area contributed by atoms with E-state index in [0.717, 1.165) is 43.4 Å². The summed E-state index contributed by atoms with van der Waals surface area (Å²) in [5.74, 6) is 2.90. The van der Waals surface area contributed by atoms with Crippen LogP contribution in [-0.4, -0.2) is 0 Å². The summed E-state index contributed by atoms with van der Waals surface area (Å²) in [5.41, 5.74) is -0.0248. The van der Waals surface area contributed by atoms with Crippen molar-refractivity contribution in [3.05, 3.63) is 12.7 Å². The van der Waals surface area contributed by atoms with Crippen molar-refractivity contribution in [3.63, 3.8) is 0 Å². The van der Waals surface area contributed by atoms with E-state index in [0.29, 0.717) is 0 Å². The van der Waals surface area contributed by atoms with Crippen molar-refractivity contribution in [2.45, 2.75) is 90.4 Å². The molecule has 0 aromatic carbocycles. The second-order valence-corrected chi connectivity index (χ2v) is 7.98. The molecule has 0 aromatic heterocycles. The molecule has 2 rings (SSSR count). The summed E-state index contributed by atoms with van der Waals surface area (Å²) >= 11 is 0. The Balaban J connectivity index is 1.75. The molecule has 0 amide bonds. The monoisotopic (exact) mass is 301 g/mol. The highest BCUT2D eigenvalue weighted by Crippen LogP contribution is 2.47. The highest BCUT2D eigenvalue weighted by molar-refractivity contribution is 5.03. The van der Waals surface area contributed by atoms with E-state index < -0.39 is 0 Å². The lowest BCUT2D eigenvalue weighted by Crippen LogP contribution is -2.31. The van der Waals surface area contributed by atoms with Gasteiger partial charge in [0.05, 0.1) is 11.5 Å². The Morgan fingerprint density at radius 3 is 2.27 bits per heavy atom. The minimum atomic E-state index is -0.0248. The fourth-order valence-corrected chi connectivity index (χ4v) is 4.90. The largest absolute Gasteiger partial charge is 0.198 e. The zero-order valence-corrected chi connectivity index (χ0v) is 14.7. The zero-order valence-electron chi connectivity index (χ0n) is 14.7. The van der Waals surface area contributed by atoms with E-state index in [1.807, 2.05) is 6.08 Å². The van der Waals surface area contributed by atoms with Gasteiger partial charge in [-0.1, -0.05) is 45.1 Å². The van der Waals surface area contributed by atoms with Crippen molar-refractivity contribution in [2.75, 3.05) is 0 Å². The predicted molar refractivity (Wildman–Crippen MR) is 94.4 cm³/mol. The van der Waals surface area contributed by atoms with Crippen molar-refractivity contribution in [3.8, 4) is 6.07 Å². The summed E-state index contributed by atoms with van der Waals surface area (Å²) in [5, 5.41) is 9.60. The summed E-state index contributed by atoms with van der Waals surface area (Å²) in [4.78, 5) is 0. The summed E-state index contributed by atoms with van der Waals surface area (Å²) in [7, 11) is 0. The van der Waals surface area contributed by atoms with Gasteiger partial charge in [0.2, 0.25) is 0 Å². The molecule has 0 bridgehead atoms. The molecule has 0 aliphatic heterocycles. The van der Waals surface area contributed by atoms with Gasteiger partial charge in [0, 0.05) is 0 Å². The Bertz CT molecular complexity index is 362. The molecule has 2 aliphatic carbocycles. The number of hydrogen-bond acceptors (Lipinski definition) is 1. The van der Waals surface area contributed by atoms with Gasteiger partial charge in [0.15, 0.2) is 0 Å². The number of rotatable bonds is 7. The minimum absolute atomic E-state index is 0.0248. The standard InChI is InChI=1S/C21H35N/c1-3-5-7-18-8-10-19(11-9-18)20-12-15-21(17-22,16-13-20)14-6-4-2/h4,18-20H,2-3,5-16H2,1H3. The lowest BCUT2D eigenvalue weighted by atomic mass is 9.63. The molecule has 2 fully saturated rings. The summed E-state index contributed by atoms with van der Waals surface area (Å²) in [6.45, 7) is 6.12. The summed E-state index contributed by atoms with van der Waals surface area (Å²) < 4.78 is 0. The van der Waals surface area contributed by atoms with E-state index in [-0.39, 0.29) is 5.41 Å². The van der Waals surface area contributed by atoms with Crippen LogP contribution >= 0.6 is 0 Å². The first-order valence-corrected chi connectivity index (χ1v) is 9.75. The van der Waals surface area contributed by atoms with Gasteiger partial charge in [-0.25, -0.2) is 0 Å². The van der Waals surface area contributed by atoms with Crippen LogP contribution in [0, 0.1) is 34.5 Å². The minimum Gasteiger partial charge on any atom is -0.198 e. The molecule has 0 unspecified atom stereocenters. The maximum Gasteiger partial charge on any atom is 0.0689 e. The Hall–Kier alpha value is -0.770. The molecule has 2 saturated carbocycles. The molecule has 0 spiro atoms. The Morgan fingerprint density at radius 1 is 1.09 bits per heavy atom. The van der Waals surface area contributed by atoms with Crippen LogP contribution in [0.1, 0.15) is 90.4 Å². The molecule has 124 valence electrons. The van der Waals surface area contributed by atoms with Crippen molar-refractivity contribution in [2.24, 2.45) is 23.2 Å². The van der Waals surface area contributed by atoms with Gasteiger partial charge in [-0.05, 0) is 69.1 Å². The predicted octanol–water partition coefficient (Wildman–Crippen LogP) is 6.65. The third-order valence-corrected chi connectivity index (χ3v) is 6.58. The summed E-state index contributed by atoms with van der Waals surface area (Å²) in [6, 6.07) is 2.66. The Kier molecular flexibility index (Phi) is 7.00. The average Bonchev–Trinajstić information content (AvgIpc) is 2.59. The van der Waals surface area contributed by atoms with Gasteiger partial charge in [-0.15, -0.1) is 6.58 Å². The molecule has 0 saturated heterocycles. The SMILES string of the molecule is C=CCCC1(C#N)CCC(C2CCC(CCCC)CC2)CC1. The second-order valence-electron chi connectivity index (χ2n) is 7.98. The number of unbranched alkanes of at least 4 members (excludes halogenated alkanes) is 1. The molecule has 22 heavy (non-hydrogen) atoms. The number of nitriles is 1. The van der Waals surface area contributed by atoms with Crippen LogP contribution < -0.4 is 0 Å². The fraction of sp³-hybridized carbons (Fsp3) is 0.857. The third kappa shape index (κ3) is 4.61. The van der Waals surface area contributed by atoms with Gasteiger partial charge >= 0.3 is 0 Å². The normalized spacial score (nSPS) is 35.7. The second kappa shape index (κ2) is 8.76. The van der Waals surface area contributed by atoms with Crippen LogP contribution in [0.4, 0.5) is 0 Å². The van der Waals surface area contributed by atoms with Crippen LogP contribution in [0.25, 0.3) is 0 Å². The van der Waals surface area contributed by atoms with Crippen LogP contribution in [0.15, 0.2) is 12.7 Å². The third-order valence-electron chi connectivity index (χ3n) is 6.58. The zero-order chi connectivity index (χ0) is 15.8. The molecule has 1 nitrogen and oxygen atoms in total. The van der Waals surface area contributed by atoms with E-state index >= 15 is 0 Å². The van der Waals surface area contributed by atoms with Crippen molar-refractivity contribution >= 4 is 0 Å². The highest BCUT2D eigenvalue weighted by atomic mass is 14.4. The van der Waals surface area contributed by atoms with Crippen LogP contribution in [-0.2, 0) is 0 Å². The molecule has 0 atom stereocenters. The molecular formula is C21H35N. The number of nitrogens with zero attached hydrogens (tertiary/aromatic N) is 1. The van der Waals surface area contributed by atoms with Crippen molar-refractivity contribution < 1.29 is 0 Å². The van der Waals surface area contributed by atoms with E-state index in [2.05, 4.69) is 19.6 Å². The van der Waals surface area contributed by atoms with Crippen LogP contribution in [0.2, 0.25) is 0 Å². The molecule has 0 aromatic rings. The quantitative estimate of drug-likeness (QED) is 0.483. The smallest absolute Gasteiger partial charge is 0.0689 e. The lowest BCUT2D eigenvalue weighted by Gasteiger charge is -2.40. The molecule has 0 heterocycles. The van der Waals surface area contributed by atoms with Gasteiger partial charge in [-0.3, -0.25) is 0 Å². The molecular weight excluding hydrogens is 266 g/mol. The van der Waals surface area contributed by atoms with Gasteiger partial charge in [0.1, 0.15) is 0 Å². The maximum atomic E-state index is 9.60. The Labute approximate surface area is 138 Å². The molecule has 1 heteroatoms. The first-order chi connectivity index (χ1) is 10.7. The van der Waals surface area contributed by atoms with Crippen molar-refractivity contribution in [1.82, 2.24) is 0 Å². The van der Waals surface area contributed by atoms with Crippen LogP contribution in [0.3, 0.4) is 0 Å². The number of allylic oxidation sites excluding steroid dienone is 1. The highest BCUT2D eigenvalue weighted by Gasteiger charge is 2.38. The van der Waals surface area contributed by atoms with Gasteiger partial charge in [-0.2, -0.15) is 5.26 Å². The van der Waals surface area contributed by atoms with Crippen LogP contribution in [0.5, 0.6) is 0 Å². The van der Waals surface area contributed by atoms with E-state index in [1.54, 1.807) is 0 Å². The molecule has 0 radical (unpaired) electrons. The topological polar surface area (TPSA) is 23.8 Å². The lowest BCUT2D eigenvalue weighted by molar-refractivity contribution is 0.116. The Morgan fingerprint density at radius 2 is 1.73 bits per heavy atom. The van der Waals surface area contributed by atoms with Gasteiger partial charge in [0.25, 0.3) is 0 Å². The number of hydrogen-bond donors (Lipinski definition) is 0. The average molecular weight is 302 g/mol. The first-order valence-electron chi connectivity index (χ1n) is 9.75. The van der Waals surface area contributed by atoms with E-state index in [9.17, 15) is 5.26 Å². The van der Waals surface area contributed by atoms with Crippen molar-refractivity contribution in [1.29, 1.82) is 5.26 Å². The first kappa shape index (κ1) is 17.6. The maximum absolute atomic E-state index is 9.60. The van der Waals surface area contributed by atoms with E-state index in [1.165, 1.54) is 57.8 Å². The fourth-order valence-electron chi connectivity index (χ4n) is 4.90. The molecule has 0 N–H and O–H groups in total. The molecule has 2 aliphatic rings. The van der Waals surface area contributed by atoms with E-state index in [4.69, 9.17) is 0 Å². The van der Waals surface area contributed by atoms with Gasteiger partial charge < -0.3 is 0 Å².